The van der Waals surface area contributed by atoms with E-state index in [2.05, 4.69) is 38.1 Å². The Morgan fingerprint density at radius 2 is 1.84 bits per heavy atom. The molecule has 1 aliphatic carbocycles. The normalized spacial score (nSPS) is 19.9. The first-order valence-corrected chi connectivity index (χ1v) is 20.9. The van der Waals surface area contributed by atoms with Gasteiger partial charge in [-0.25, -0.2) is 27.7 Å². The summed E-state index contributed by atoms with van der Waals surface area (Å²) in [6.07, 6.45) is 3.44. The van der Waals surface area contributed by atoms with Crippen LogP contribution in [0.1, 0.15) is 45.8 Å². The van der Waals surface area contributed by atoms with E-state index in [1.54, 1.807) is 0 Å². The molecule has 6 rings (SSSR count). The fraction of sp³-hybridized carbons (Fsp3) is 0.370. The highest BCUT2D eigenvalue weighted by Crippen LogP contribution is 2.68. The summed E-state index contributed by atoms with van der Waals surface area (Å²) in [5, 5.41) is 0. The van der Waals surface area contributed by atoms with Crippen LogP contribution < -0.4 is 21.2 Å². The average Bonchev–Trinajstić information content (AvgIpc) is 3.65. The first-order chi connectivity index (χ1) is 23.1. The molecule has 1 saturated heterocycles. The second kappa shape index (κ2) is 14.9. The number of benzene rings is 2. The number of imidazole rings is 1. The fourth-order valence-corrected chi connectivity index (χ4v) is 10.5. The molecule has 49 heavy (non-hydrogen) atoms. The molecule has 5 unspecified atom stereocenters. The van der Waals surface area contributed by atoms with Crippen LogP contribution in [0.3, 0.4) is 0 Å². The molecule has 2 aromatic heterocycles. The molecule has 2 aliphatic heterocycles. The largest absolute Gasteiger partial charge is 0.479 e. The molecule has 3 aliphatic rings. The van der Waals surface area contributed by atoms with Crippen molar-refractivity contribution in [2.45, 2.75) is 51.9 Å². The molecular formula is C27H33N6O12P3S. The lowest BCUT2D eigenvalue weighted by molar-refractivity contribution is -0.0202. The molecule has 18 nitrogen and oxygen atoms in total. The van der Waals surface area contributed by atoms with Crippen molar-refractivity contribution in [3.05, 3.63) is 63.3 Å². The molecule has 5 atom stereocenters. The number of aromatic amines is 1. The molecule has 264 valence electrons. The Labute approximate surface area is 283 Å². The van der Waals surface area contributed by atoms with Crippen LogP contribution in [0.15, 0.2) is 56.7 Å². The van der Waals surface area contributed by atoms with Gasteiger partial charge in [0.15, 0.2) is 27.9 Å². The fourth-order valence-electron chi connectivity index (χ4n) is 4.55. The summed E-state index contributed by atoms with van der Waals surface area (Å²) >= 11 is 4.80. The molecule has 1 aromatic carbocycles. The zero-order valence-corrected chi connectivity index (χ0v) is 29.8. The molecule has 5 N–H and O–H groups in total. The van der Waals surface area contributed by atoms with E-state index >= 15 is 0 Å². The van der Waals surface area contributed by atoms with Crippen LogP contribution in [0.2, 0.25) is 0 Å². The molecule has 0 spiro atoms. The van der Waals surface area contributed by atoms with E-state index in [0.29, 0.717) is 24.1 Å². The standard InChI is InChI=1S/C23H23N6O12P3S.C4H10/c1-42(32,39-13-3-6-16-18(9-13)38-17-8-12(30)2-5-15(17)26-16)40-44(35,45)41-43(33,34)36-10-14-4-7-19(37-14)29-11-25-20-21(29)27-23(24)28-22(20)31;1-3-4-2/h2-3,5-6,8-9,11,14,19H,4,7,10H2,1H3,(H,33,34)(H,35,45)(H3,24,27,28,31);3-4H2,1-2H3. The first kappa shape index (κ1) is 36.9. The zero-order valence-electron chi connectivity index (χ0n) is 26.3. The molecule has 0 bridgehead atoms. The third-order valence-electron chi connectivity index (χ3n) is 6.82. The van der Waals surface area contributed by atoms with Crippen LogP contribution in [0.5, 0.6) is 5.75 Å². The van der Waals surface area contributed by atoms with Gasteiger partial charge in [-0.15, -0.1) is 0 Å². The summed E-state index contributed by atoms with van der Waals surface area (Å²) in [4.78, 5) is 59.2. The van der Waals surface area contributed by atoms with Gasteiger partial charge in [-0.2, -0.15) is 4.98 Å². The maximum atomic E-state index is 13.0. The Bertz CT molecular complexity index is 2210. The van der Waals surface area contributed by atoms with Crippen molar-refractivity contribution in [1.29, 1.82) is 0 Å². The number of hydrogen-bond donors (Lipinski definition) is 4. The number of fused-ring (bicyclic) bond motifs is 3. The molecule has 1 fully saturated rings. The summed E-state index contributed by atoms with van der Waals surface area (Å²) in [5.41, 5.74) is 6.12. The number of nitrogens with one attached hydrogen (secondary N) is 1. The van der Waals surface area contributed by atoms with Crippen LogP contribution >= 0.6 is 22.1 Å². The van der Waals surface area contributed by atoms with E-state index in [0.717, 1.165) is 6.66 Å². The number of anilines is 1. The van der Waals surface area contributed by atoms with Crippen molar-refractivity contribution in [1.82, 2.24) is 24.5 Å². The van der Waals surface area contributed by atoms with Crippen molar-refractivity contribution in [2.24, 2.45) is 0 Å². The molecule has 22 heteroatoms. The Hall–Kier alpha value is -3.34. The predicted octanol–water partition coefficient (Wildman–Crippen LogP) is 5.06. The van der Waals surface area contributed by atoms with Gasteiger partial charge in [-0.3, -0.25) is 23.7 Å². The van der Waals surface area contributed by atoms with Gasteiger partial charge in [0.05, 0.1) is 25.7 Å². The summed E-state index contributed by atoms with van der Waals surface area (Å²) in [7, 11) is -9.32. The summed E-state index contributed by atoms with van der Waals surface area (Å²) in [6, 6.07) is 8.33. The Balaban J connectivity index is 0.00000111. The Morgan fingerprint density at radius 3 is 2.57 bits per heavy atom. The highest BCUT2D eigenvalue weighted by atomic mass is 32.5. The van der Waals surface area contributed by atoms with Crippen LogP contribution in [0.25, 0.3) is 33.7 Å². The van der Waals surface area contributed by atoms with E-state index in [9.17, 15) is 28.5 Å². The van der Waals surface area contributed by atoms with Gasteiger partial charge in [0.1, 0.15) is 23.2 Å². The maximum Gasteiger partial charge on any atom is 0.479 e. The van der Waals surface area contributed by atoms with Crippen molar-refractivity contribution >= 4 is 62.2 Å². The second-order valence-electron chi connectivity index (χ2n) is 10.8. The lowest BCUT2D eigenvalue weighted by Gasteiger charge is -2.23. The molecule has 0 amide bonds. The summed E-state index contributed by atoms with van der Waals surface area (Å²) in [5.74, 6) is 0.0674. The Morgan fingerprint density at radius 1 is 1.08 bits per heavy atom. The number of nitrogen functional groups attached to an aromatic ring is 1. The number of H-pyrrole nitrogens is 1. The van der Waals surface area contributed by atoms with E-state index in [1.165, 1.54) is 60.1 Å². The van der Waals surface area contributed by atoms with Gasteiger partial charge < -0.3 is 29.2 Å². The number of unbranched alkanes of at least 4 members (excludes halogenated alkanes) is 1. The van der Waals surface area contributed by atoms with Gasteiger partial charge in [-0.1, -0.05) is 26.7 Å². The van der Waals surface area contributed by atoms with Gasteiger partial charge >= 0.3 is 22.1 Å². The van der Waals surface area contributed by atoms with E-state index < -0.39 is 46.6 Å². The third-order valence-corrected chi connectivity index (χ3v) is 12.7. The summed E-state index contributed by atoms with van der Waals surface area (Å²) in [6.45, 7) is 0.186. The summed E-state index contributed by atoms with van der Waals surface area (Å²) < 4.78 is 58.6. The lowest BCUT2D eigenvalue weighted by atomic mass is 10.2. The highest BCUT2D eigenvalue weighted by Gasteiger charge is 2.39. The topological polar surface area (TPSA) is 253 Å². The van der Waals surface area contributed by atoms with Crippen LogP contribution in [-0.2, 0) is 38.8 Å². The Kier molecular flexibility index (Phi) is 11.2. The van der Waals surface area contributed by atoms with E-state index in [1.807, 2.05) is 0 Å². The van der Waals surface area contributed by atoms with Crippen molar-refractivity contribution in [2.75, 3.05) is 19.0 Å². The number of phosphoric acid groups is 1. The SMILES string of the molecule is CCCC.CP(=O)(Oc1ccc2nc3ccc(=O)cc-3oc2c1)OP(O)(=S)OP(=O)(O)OCC1CCC(n2cnc3c(=O)[nH]c(N)nc32)O1. The number of rotatable bonds is 11. The molecule has 0 saturated carbocycles. The predicted molar refractivity (Wildman–Crippen MR) is 182 cm³/mol. The van der Waals surface area contributed by atoms with Crippen LogP contribution in [0.4, 0.5) is 5.95 Å². The van der Waals surface area contributed by atoms with Gasteiger partial charge in [0, 0.05) is 12.1 Å². The smallest absolute Gasteiger partial charge is 0.453 e. The number of aromatic nitrogens is 5. The van der Waals surface area contributed by atoms with Crippen molar-refractivity contribution in [3.8, 4) is 17.2 Å². The van der Waals surface area contributed by atoms with Crippen LogP contribution in [0, 0.1) is 0 Å². The molecule has 4 heterocycles. The third kappa shape index (κ3) is 9.47. The van der Waals surface area contributed by atoms with Crippen molar-refractivity contribution < 1.29 is 45.7 Å². The lowest BCUT2D eigenvalue weighted by Crippen LogP contribution is -2.17. The van der Waals surface area contributed by atoms with Crippen LogP contribution in [-0.4, -0.2) is 53.7 Å². The molecule has 3 aromatic rings. The number of phosphoric ester groups is 1. The maximum absolute atomic E-state index is 13.0. The van der Waals surface area contributed by atoms with Gasteiger partial charge in [0.2, 0.25) is 5.95 Å². The zero-order chi connectivity index (χ0) is 35.6. The molecular weight excluding hydrogens is 725 g/mol. The highest BCUT2D eigenvalue weighted by molar-refractivity contribution is 8.09. The second-order valence-corrected chi connectivity index (χ2v) is 17.3. The minimum Gasteiger partial charge on any atom is -0.453 e. The van der Waals surface area contributed by atoms with E-state index in [-0.39, 0.29) is 39.6 Å². The number of hydrogen-bond acceptors (Lipinski definition) is 15. The van der Waals surface area contributed by atoms with Gasteiger partial charge in [-0.05, 0) is 48.9 Å². The number of ether oxygens (including phenoxy) is 1. The van der Waals surface area contributed by atoms with Crippen molar-refractivity contribution in [3.63, 3.8) is 0 Å². The molecule has 0 radical (unpaired) electrons. The first-order valence-electron chi connectivity index (χ1n) is 14.8. The minimum absolute atomic E-state index is 0.0453. The minimum atomic E-state index is -5.06. The van der Waals surface area contributed by atoms with Gasteiger partial charge in [0.25, 0.3) is 5.56 Å². The average molecular weight is 759 g/mol. The monoisotopic (exact) mass is 758 g/mol. The number of nitrogens with two attached hydrogens (primary N) is 1. The number of nitrogens with zero attached hydrogens (tertiary/aromatic N) is 4. The van der Waals surface area contributed by atoms with E-state index in [4.69, 9.17) is 40.1 Å². The quantitative estimate of drug-likeness (QED) is 0.101.